The minimum absolute atomic E-state index is 0.325. The molecule has 3 atom stereocenters. The van der Waals surface area contributed by atoms with Crippen LogP contribution in [0.25, 0.3) is 0 Å². The number of carboxylic acids is 1. The molecule has 0 aliphatic carbocycles. The lowest BCUT2D eigenvalue weighted by molar-refractivity contribution is -0.196. The van der Waals surface area contributed by atoms with Crippen molar-refractivity contribution in [3.63, 3.8) is 0 Å². The van der Waals surface area contributed by atoms with Crippen LogP contribution < -0.4 is 5.73 Å². The number of hydrogen-bond acceptors (Lipinski definition) is 5. The summed E-state index contributed by atoms with van der Waals surface area (Å²) >= 11 is 1.38. The highest BCUT2D eigenvalue weighted by atomic mass is 32.2. The van der Waals surface area contributed by atoms with E-state index in [1.807, 2.05) is 0 Å². The summed E-state index contributed by atoms with van der Waals surface area (Å²) in [5.41, 5.74) is 4.54. The number of carbonyl (C=O) groups is 2. The van der Waals surface area contributed by atoms with E-state index in [9.17, 15) is 14.7 Å². The summed E-state index contributed by atoms with van der Waals surface area (Å²) in [5.74, 6) is -1.44. The fourth-order valence-corrected chi connectivity index (χ4v) is 4.02. The normalized spacial score (nSPS) is 38.8. The average molecular weight is 260 g/mol. The summed E-state index contributed by atoms with van der Waals surface area (Å²) in [6, 6.07) is -0.845. The van der Waals surface area contributed by atoms with Crippen molar-refractivity contribution >= 4 is 23.6 Å². The molecule has 0 aromatic rings. The number of nitrogens with two attached hydrogens (primary N) is 1. The van der Waals surface area contributed by atoms with Crippen molar-refractivity contribution in [2.75, 3.05) is 6.61 Å². The molecule has 0 aromatic heterocycles. The molecule has 2 aliphatic heterocycles. The monoisotopic (exact) mass is 260 g/mol. The Bertz CT molecular complexity index is 387. The average Bonchev–Trinajstić information content (AvgIpc) is 2.48. The summed E-state index contributed by atoms with van der Waals surface area (Å²) in [5, 5.41) is 8.79. The summed E-state index contributed by atoms with van der Waals surface area (Å²) in [6.45, 7) is 5.68. The molecular weight excluding hydrogens is 244 g/mol. The van der Waals surface area contributed by atoms with Crippen LogP contribution >= 0.6 is 11.8 Å². The SMILES string of the molecule is CCO[C@]1(N)C(=O)N2[C@@H](C(=O)O)C(C)(C)S[C@@H]21. The van der Waals surface area contributed by atoms with Crippen molar-refractivity contribution in [1.82, 2.24) is 4.90 Å². The zero-order chi connectivity index (χ0) is 13.0. The summed E-state index contributed by atoms with van der Waals surface area (Å²) in [6.07, 6.45) is 0. The van der Waals surface area contributed by atoms with Gasteiger partial charge < -0.3 is 14.7 Å². The minimum atomic E-state index is -1.36. The summed E-state index contributed by atoms with van der Waals surface area (Å²) in [4.78, 5) is 24.5. The predicted molar refractivity (Wildman–Crippen MR) is 62.3 cm³/mol. The second-order valence-electron chi connectivity index (χ2n) is 4.75. The Morgan fingerprint density at radius 2 is 2.24 bits per heavy atom. The Morgan fingerprint density at radius 3 is 2.71 bits per heavy atom. The van der Waals surface area contributed by atoms with Crippen LogP contribution in [-0.2, 0) is 14.3 Å². The van der Waals surface area contributed by atoms with Gasteiger partial charge in [0.1, 0.15) is 11.4 Å². The molecule has 2 heterocycles. The number of thioether (sulfide) groups is 1. The quantitative estimate of drug-likeness (QED) is 0.540. The van der Waals surface area contributed by atoms with Gasteiger partial charge in [0, 0.05) is 11.4 Å². The van der Waals surface area contributed by atoms with Crippen molar-refractivity contribution < 1.29 is 19.4 Å². The van der Waals surface area contributed by atoms with Crippen LogP contribution in [0.4, 0.5) is 0 Å². The first-order chi connectivity index (χ1) is 7.75. The molecule has 17 heavy (non-hydrogen) atoms. The molecule has 1 amide bonds. The minimum Gasteiger partial charge on any atom is -0.480 e. The van der Waals surface area contributed by atoms with Crippen LogP contribution in [0.1, 0.15) is 20.8 Å². The van der Waals surface area contributed by atoms with Crippen molar-refractivity contribution in [2.24, 2.45) is 5.73 Å². The molecule has 0 saturated carbocycles. The first-order valence-corrected chi connectivity index (χ1v) is 6.30. The van der Waals surface area contributed by atoms with Gasteiger partial charge in [-0.1, -0.05) is 0 Å². The molecule has 2 saturated heterocycles. The van der Waals surface area contributed by atoms with Crippen LogP contribution in [-0.4, -0.2) is 50.4 Å². The second kappa shape index (κ2) is 3.60. The lowest BCUT2D eigenvalue weighted by atomic mass is 9.94. The first-order valence-electron chi connectivity index (χ1n) is 5.42. The van der Waals surface area contributed by atoms with Gasteiger partial charge in [-0.15, -0.1) is 11.8 Å². The van der Waals surface area contributed by atoms with Crippen molar-refractivity contribution in [1.29, 1.82) is 0 Å². The van der Waals surface area contributed by atoms with Crippen LogP contribution in [0.5, 0.6) is 0 Å². The van der Waals surface area contributed by atoms with E-state index in [4.69, 9.17) is 10.5 Å². The van der Waals surface area contributed by atoms with Crippen LogP contribution in [0, 0.1) is 0 Å². The van der Waals surface area contributed by atoms with E-state index in [1.54, 1.807) is 20.8 Å². The third-order valence-electron chi connectivity index (χ3n) is 3.16. The molecule has 2 rings (SSSR count). The molecular formula is C10H16N2O4S. The number of β-lactam (4-membered cyclic amide) rings is 1. The highest BCUT2D eigenvalue weighted by Gasteiger charge is 2.71. The Labute approximate surface area is 103 Å². The number of fused-ring (bicyclic) bond motifs is 1. The van der Waals surface area contributed by atoms with Gasteiger partial charge >= 0.3 is 5.97 Å². The Morgan fingerprint density at radius 1 is 1.65 bits per heavy atom. The zero-order valence-electron chi connectivity index (χ0n) is 9.97. The Kier molecular flexibility index (Phi) is 2.68. The first kappa shape index (κ1) is 12.7. The Balaban J connectivity index is 2.31. The van der Waals surface area contributed by atoms with Gasteiger partial charge in [-0.05, 0) is 20.8 Å². The molecule has 0 radical (unpaired) electrons. The fraction of sp³-hybridized carbons (Fsp3) is 0.800. The van der Waals surface area contributed by atoms with Crippen molar-refractivity contribution in [3.05, 3.63) is 0 Å². The molecule has 0 aromatic carbocycles. The topological polar surface area (TPSA) is 92.9 Å². The highest BCUT2D eigenvalue weighted by Crippen LogP contribution is 2.54. The van der Waals surface area contributed by atoms with Gasteiger partial charge in [0.15, 0.2) is 0 Å². The van der Waals surface area contributed by atoms with E-state index < -0.39 is 33.8 Å². The van der Waals surface area contributed by atoms with Gasteiger partial charge in [-0.25, -0.2) is 4.79 Å². The Hall–Kier alpha value is -0.790. The molecule has 2 aliphatic rings. The van der Waals surface area contributed by atoms with Gasteiger partial charge in [0.2, 0.25) is 5.72 Å². The van der Waals surface area contributed by atoms with Gasteiger partial charge in [-0.2, -0.15) is 0 Å². The fourth-order valence-electron chi connectivity index (χ4n) is 2.43. The zero-order valence-corrected chi connectivity index (χ0v) is 10.8. The summed E-state index contributed by atoms with van der Waals surface area (Å²) in [7, 11) is 0. The van der Waals surface area contributed by atoms with E-state index >= 15 is 0 Å². The lowest BCUT2D eigenvalue weighted by Gasteiger charge is -2.49. The maximum atomic E-state index is 12.0. The van der Waals surface area contributed by atoms with E-state index in [0.717, 1.165) is 0 Å². The molecule has 7 heteroatoms. The number of rotatable bonds is 3. The van der Waals surface area contributed by atoms with Crippen LogP contribution in [0.2, 0.25) is 0 Å². The molecule has 2 fully saturated rings. The van der Waals surface area contributed by atoms with E-state index in [1.165, 1.54) is 16.7 Å². The van der Waals surface area contributed by atoms with Gasteiger partial charge in [-0.3, -0.25) is 10.5 Å². The third-order valence-corrected chi connectivity index (χ3v) is 4.79. The molecule has 0 spiro atoms. The highest BCUT2D eigenvalue weighted by molar-refractivity contribution is 8.01. The maximum absolute atomic E-state index is 12.0. The van der Waals surface area contributed by atoms with Gasteiger partial charge in [0.05, 0.1) is 0 Å². The lowest BCUT2D eigenvalue weighted by Crippen LogP contribution is -2.78. The molecule has 6 nitrogen and oxygen atoms in total. The third kappa shape index (κ3) is 1.49. The largest absolute Gasteiger partial charge is 0.480 e. The number of nitrogens with zero attached hydrogens (tertiary/aromatic N) is 1. The molecule has 3 N–H and O–H groups in total. The van der Waals surface area contributed by atoms with Crippen LogP contribution in [0.3, 0.4) is 0 Å². The number of aliphatic carboxylic acids is 1. The number of carbonyl (C=O) groups excluding carboxylic acids is 1. The van der Waals surface area contributed by atoms with E-state index in [-0.39, 0.29) is 0 Å². The van der Waals surface area contributed by atoms with Crippen molar-refractivity contribution in [2.45, 2.75) is 42.7 Å². The van der Waals surface area contributed by atoms with E-state index in [0.29, 0.717) is 6.61 Å². The van der Waals surface area contributed by atoms with Crippen molar-refractivity contribution in [3.8, 4) is 0 Å². The maximum Gasteiger partial charge on any atom is 0.327 e. The molecule has 0 unspecified atom stereocenters. The standard InChI is InChI=1S/C10H16N2O4S/c1-4-16-10(11)7(15)12-5(6(13)14)9(2,3)17-8(10)12/h5,8H,4,11H2,1-3H3,(H,13,14)/t5-,8+,10+/m0/s1. The summed E-state index contributed by atoms with van der Waals surface area (Å²) < 4.78 is 4.72. The molecule has 0 bridgehead atoms. The second-order valence-corrected chi connectivity index (χ2v) is 6.49. The van der Waals surface area contributed by atoms with Crippen LogP contribution in [0.15, 0.2) is 0 Å². The predicted octanol–water partition coefficient (Wildman–Crippen LogP) is -0.175. The molecule has 96 valence electrons. The smallest absolute Gasteiger partial charge is 0.327 e. The van der Waals surface area contributed by atoms with Gasteiger partial charge in [0.25, 0.3) is 5.91 Å². The number of ether oxygens (including phenoxy) is 1. The number of hydrogen-bond donors (Lipinski definition) is 2. The number of carboxylic acid groups (broad SMARTS) is 1. The van der Waals surface area contributed by atoms with E-state index in [2.05, 4.69) is 0 Å². The number of amides is 1.